The lowest BCUT2D eigenvalue weighted by atomic mass is 9.97. The summed E-state index contributed by atoms with van der Waals surface area (Å²) in [5.41, 5.74) is -0.315. The summed E-state index contributed by atoms with van der Waals surface area (Å²) in [5.74, 6) is -1.11. The van der Waals surface area contributed by atoms with Gasteiger partial charge in [0, 0.05) is 36.4 Å². The number of hydrogen-bond donors (Lipinski definition) is 6. The van der Waals surface area contributed by atoms with Gasteiger partial charge < -0.3 is 40.6 Å². The highest BCUT2D eigenvalue weighted by Crippen LogP contribution is 2.32. The number of para-hydroxylation sites is 1. The molecule has 38 heavy (non-hydrogen) atoms. The van der Waals surface area contributed by atoms with Gasteiger partial charge in [0.1, 0.15) is 12.2 Å². The molecule has 0 aliphatic carbocycles. The first-order valence-electron chi connectivity index (χ1n) is 13.0. The maximum atomic E-state index is 13.4. The molecule has 3 rings (SSSR count). The normalized spacial score (nSPS) is 16.8. The molecule has 0 saturated carbocycles. The summed E-state index contributed by atoms with van der Waals surface area (Å²) in [6.07, 6.45) is -3.76. The predicted molar refractivity (Wildman–Crippen MR) is 143 cm³/mol. The highest BCUT2D eigenvalue weighted by molar-refractivity contribution is 6.00. The second-order valence-electron chi connectivity index (χ2n) is 9.80. The topological polar surface area (TPSA) is 154 Å². The van der Waals surface area contributed by atoms with Crippen molar-refractivity contribution in [1.29, 1.82) is 0 Å². The Morgan fingerprint density at radius 2 is 1.68 bits per heavy atom. The summed E-state index contributed by atoms with van der Waals surface area (Å²) in [7, 11) is 0. The van der Waals surface area contributed by atoms with Gasteiger partial charge in [0.05, 0.1) is 6.61 Å². The Bertz CT molecular complexity index is 1120. The summed E-state index contributed by atoms with van der Waals surface area (Å²) in [4.78, 5) is 29.7. The number of rotatable bonds is 12. The number of nitrogens with one attached hydrogen (secondary N) is 1. The molecule has 0 spiro atoms. The van der Waals surface area contributed by atoms with Crippen LogP contribution in [0.15, 0.2) is 42.5 Å². The van der Waals surface area contributed by atoms with Crippen LogP contribution in [-0.2, 0) is 6.42 Å². The van der Waals surface area contributed by atoms with E-state index in [9.17, 15) is 35.1 Å². The molecule has 1 heterocycles. The fraction of sp³-hybridized carbons (Fsp3) is 0.500. The van der Waals surface area contributed by atoms with E-state index in [1.54, 1.807) is 30.0 Å². The maximum Gasteiger partial charge on any atom is 0.253 e. The fourth-order valence-electron chi connectivity index (χ4n) is 4.87. The number of aryl methyl sites for hydroxylation is 1. The minimum absolute atomic E-state index is 0.0273. The van der Waals surface area contributed by atoms with Crippen LogP contribution in [0.4, 0.5) is 5.69 Å². The monoisotopic (exact) mass is 529 g/mol. The Morgan fingerprint density at radius 1 is 1.05 bits per heavy atom. The number of amides is 2. The van der Waals surface area contributed by atoms with Crippen molar-refractivity contribution in [2.24, 2.45) is 0 Å². The van der Waals surface area contributed by atoms with E-state index in [1.807, 2.05) is 26.0 Å². The SMILES string of the molecule is CCCN(CCC)C(=O)c1cc(C)cc(C(=O)N[C@](O)(C(O)N2CCc3ccccc32)[C@H](O)[C@H](O)CO)c1. The maximum absolute atomic E-state index is 13.4. The Kier molecular flexibility index (Phi) is 9.86. The van der Waals surface area contributed by atoms with Gasteiger partial charge in [-0.25, -0.2) is 0 Å². The third-order valence-corrected chi connectivity index (χ3v) is 6.79. The van der Waals surface area contributed by atoms with Crippen molar-refractivity contribution in [2.75, 3.05) is 31.1 Å². The molecule has 0 bridgehead atoms. The van der Waals surface area contributed by atoms with Gasteiger partial charge in [-0.2, -0.15) is 0 Å². The molecule has 1 aliphatic heterocycles. The molecule has 2 aromatic rings. The first-order valence-corrected chi connectivity index (χ1v) is 13.0. The molecule has 4 atom stereocenters. The van der Waals surface area contributed by atoms with E-state index in [-0.39, 0.29) is 18.0 Å². The summed E-state index contributed by atoms with van der Waals surface area (Å²) < 4.78 is 0. The average molecular weight is 530 g/mol. The van der Waals surface area contributed by atoms with Crippen LogP contribution in [0.2, 0.25) is 0 Å². The zero-order valence-electron chi connectivity index (χ0n) is 22.2. The smallest absolute Gasteiger partial charge is 0.253 e. The van der Waals surface area contributed by atoms with E-state index in [2.05, 4.69) is 5.32 Å². The number of aliphatic hydroxyl groups excluding tert-OH is 4. The average Bonchev–Trinajstić information content (AvgIpc) is 3.34. The number of anilines is 1. The summed E-state index contributed by atoms with van der Waals surface area (Å²) >= 11 is 0. The zero-order chi connectivity index (χ0) is 28.0. The van der Waals surface area contributed by atoms with Crippen LogP contribution in [0, 0.1) is 6.92 Å². The molecule has 2 amide bonds. The number of aliphatic hydroxyl groups is 5. The van der Waals surface area contributed by atoms with Gasteiger partial charge in [-0.1, -0.05) is 32.0 Å². The molecule has 1 aliphatic rings. The van der Waals surface area contributed by atoms with E-state index >= 15 is 0 Å². The van der Waals surface area contributed by atoms with Crippen molar-refractivity contribution >= 4 is 17.5 Å². The number of benzene rings is 2. The molecule has 6 N–H and O–H groups in total. The third kappa shape index (κ3) is 6.16. The van der Waals surface area contributed by atoms with E-state index in [0.29, 0.717) is 36.3 Å². The number of hydrogen-bond acceptors (Lipinski definition) is 8. The van der Waals surface area contributed by atoms with Crippen molar-refractivity contribution in [2.45, 2.75) is 64.2 Å². The molecular formula is C28H39N3O7. The van der Waals surface area contributed by atoms with Crippen molar-refractivity contribution in [3.63, 3.8) is 0 Å². The molecule has 2 aromatic carbocycles. The predicted octanol–water partition coefficient (Wildman–Crippen LogP) is 0.771. The number of nitrogens with zero attached hydrogens (tertiary/aromatic N) is 2. The largest absolute Gasteiger partial charge is 0.394 e. The number of carbonyl (C=O) groups excluding carboxylic acids is 2. The molecule has 0 aromatic heterocycles. The fourth-order valence-corrected chi connectivity index (χ4v) is 4.87. The Labute approximate surface area is 223 Å². The van der Waals surface area contributed by atoms with Crippen LogP contribution in [0.3, 0.4) is 0 Å². The van der Waals surface area contributed by atoms with Crippen molar-refractivity contribution in [3.05, 3.63) is 64.7 Å². The van der Waals surface area contributed by atoms with Crippen molar-refractivity contribution in [3.8, 4) is 0 Å². The lowest BCUT2D eigenvalue weighted by Crippen LogP contribution is -2.71. The van der Waals surface area contributed by atoms with Gasteiger partial charge in [-0.05, 0) is 61.6 Å². The van der Waals surface area contributed by atoms with Crippen molar-refractivity contribution in [1.82, 2.24) is 10.2 Å². The van der Waals surface area contributed by atoms with Gasteiger partial charge >= 0.3 is 0 Å². The number of fused-ring (bicyclic) bond motifs is 1. The van der Waals surface area contributed by atoms with Crippen LogP contribution in [0.1, 0.15) is 58.5 Å². The lowest BCUT2D eigenvalue weighted by molar-refractivity contribution is -0.192. The van der Waals surface area contributed by atoms with Crippen molar-refractivity contribution < 1.29 is 35.1 Å². The van der Waals surface area contributed by atoms with Gasteiger partial charge in [-0.3, -0.25) is 9.59 Å². The second kappa shape index (κ2) is 12.7. The van der Waals surface area contributed by atoms with Gasteiger partial charge in [0.15, 0.2) is 6.23 Å². The third-order valence-electron chi connectivity index (χ3n) is 6.79. The molecule has 10 heteroatoms. The Balaban J connectivity index is 1.95. The summed E-state index contributed by atoms with van der Waals surface area (Å²) in [6, 6.07) is 11.8. The standard InChI is InChI=1S/C28H39N3O7/c1-4-11-30(12-5-2)26(36)21-15-18(3)14-20(16-21)25(35)29-28(38,24(34)23(33)17-32)27(37)31-13-10-19-8-6-7-9-22(19)31/h6-9,14-16,23-24,27,32-34,37-38H,4-5,10-13,17H2,1-3H3,(H,29,35)/t23-,24-,27?,28-/m1/s1. The first kappa shape index (κ1) is 29.5. The summed E-state index contributed by atoms with van der Waals surface area (Å²) in [5, 5.41) is 55.4. The molecule has 1 unspecified atom stereocenters. The highest BCUT2D eigenvalue weighted by Gasteiger charge is 2.51. The van der Waals surface area contributed by atoms with E-state index in [4.69, 9.17) is 0 Å². The van der Waals surface area contributed by atoms with E-state index < -0.39 is 36.7 Å². The molecule has 0 saturated heterocycles. The van der Waals surface area contributed by atoms with Crippen LogP contribution >= 0.6 is 0 Å². The van der Waals surface area contributed by atoms with Crippen LogP contribution in [-0.4, -0.2) is 92.6 Å². The van der Waals surface area contributed by atoms with Crippen LogP contribution in [0.5, 0.6) is 0 Å². The summed E-state index contributed by atoms with van der Waals surface area (Å²) in [6.45, 7) is 6.17. The minimum Gasteiger partial charge on any atom is -0.394 e. The highest BCUT2D eigenvalue weighted by atomic mass is 16.4. The molecule has 0 radical (unpaired) electrons. The van der Waals surface area contributed by atoms with E-state index in [0.717, 1.165) is 18.4 Å². The zero-order valence-corrected chi connectivity index (χ0v) is 22.2. The van der Waals surface area contributed by atoms with Crippen LogP contribution in [0.25, 0.3) is 0 Å². The van der Waals surface area contributed by atoms with E-state index in [1.165, 1.54) is 17.0 Å². The Hall–Kier alpha value is -3.02. The molecule has 208 valence electrons. The van der Waals surface area contributed by atoms with Gasteiger partial charge in [-0.15, -0.1) is 0 Å². The molecular weight excluding hydrogens is 490 g/mol. The first-order chi connectivity index (χ1) is 18.1. The lowest BCUT2D eigenvalue weighted by Gasteiger charge is -2.43. The number of carbonyl (C=O) groups is 2. The van der Waals surface area contributed by atoms with Gasteiger partial charge in [0.25, 0.3) is 11.8 Å². The quantitative estimate of drug-likeness (QED) is 0.221. The molecule has 10 nitrogen and oxygen atoms in total. The molecule has 0 fully saturated rings. The minimum atomic E-state index is -2.78. The second-order valence-corrected chi connectivity index (χ2v) is 9.80. The van der Waals surface area contributed by atoms with Crippen LogP contribution < -0.4 is 10.2 Å². The van der Waals surface area contributed by atoms with Gasteiger partial charge in [0.2, 0.25) is 5.72 Å². The Morgan fingerprint density at radius 3 is 2.32 bits per heavy atom.